The Hall–Kier alpha value is -2.43. The highest BCUT2D eigenvalue weighted by Gasteiger charge is 2.28. The number of nitrogens with zero attached hydrogens (tertiary/aromatic N) is 1. The first-order chi connectivity index (χ1) is 13.3. The zero-order valence-corrected chi connectivity index (χ0v) is 17.2. The number of ketones is 1. The number of amides is 1. The second-order valence-corrected chi connectivity index (χ2v) is 8.22. The van der Waals surface area contributed by atoms with Gasteiger partial charge in [-0.15, -0.1) is 0 Å². The number of carbonyl (C=O) groups excluding carboxylic acids is 2. The van der Waals surface area contributed by atoms with E-state index in [0.29, 0.717) is 29.2 Å². The van der Waals surface area contributed by atoms with Gasteiger partial charge in [0.2, 0.25) is 11.8 Å². The van der Waals surface area contributed by atoms with Crippen LogP contribution >= 0.6 is 0 Å². The van der Waals surface area contributed by atoms with E-state index in [-0.39, 0.29) is 30.6 Å². The average molecular weight is 383 g/mol. The monoisotopic (exact) mass is 382 g/mol. The van der Waals surface area contributed by atoms with Crippen LogP contribution in [0.1, 0.15) is 56.5 Å². The molecule has 28 heavy (non-hydrogen) atoms. The Morgan fingerprint density at radius 1 is 1.21 bits per heavy atom. The second kappa shape index (κ2) is 8.72. The second-order valence-electron chi connectivity index (χ2n) is 8.22. The van der Waals surface area contributed by atoms with Gasteiger partial charge in [0.25, 0.3) is 0 Å². The van der Waals surface area contributed by atoms with Gasteiger partial charge in [-0.2, -0.15) is 0 Å². The van der Waals surface area contributed by atoms with Crippen LogP contribution in [0.2, 0.25) is 0 Å². The minimum Gasteiger partial charge on any atom is -0.441 e. The number of carbonyl (C=O) groups is 2. The maximum absolute atomic E-state index is 12.4. The summed E-state index contributed by atoms with van der Waals surface area (Å²) in [6.07, 6.45) is 3.34. The fourth-order valence-electron chi connectivity index (χ4n) is 3.97. The van der Waals surface area contributed by atoms with Crippen LogP contribution in [0.4, 0.5) is 0 Å². The Bertz CT molecular complexity index is 855. The molecule has 1 aromatic carbocycles. The van der Waals surface area contributed by atoms with Crippen LogP contribution in [0.3, 0.4) is 0 Å². The predicted octanol–water partition coefficient (Wildman–Crippen LogP) is 4.40. The van der Waals surface area contributed by atoms with E-state index < -0.39 is 0 Å². The Balaban J connectivity index is 1.58. The van der Waals surface area contributed by atoms with Gasteiger partial charge in [-0.25, -0.2) is 4.98 Å². The van der Waals surface area contributed by atoms with Crippen molar-refractivity contribution in [3.63, 3.8) is 0 Å². The summed E-state index contributed by atoms with van der Waals surface area (Å²) in [6.45, 7) is 8.23. The van der Waals surface area contributed by atoms with Gasteiger partial charge >= 0.3 is 0 Å². The SMILES string of the molecule is Cc1cccc(-c2nc(CC(=O)CC(=O)NC3CCCC(C)C3C)c(C)o2)c1. The number of rotatable bonds is 6. The highest BCUT2D eigenvalue weighted by atomic mass is 16.4. The molecule has 1 heterocycles. The first-order valence-electron chi connectivity index (χ1n) is 10.2. The molecule has 3 unspecified atom stereocenters. The van der Waals surface area contributed by atoms with E-state index in [4.69, 9.17) is 4.42 Å². The molecule has 1 aliphatic carbocycles. The molecular formula is C23H30N2O3. The molecule has 1 saturated carbocycles. The normalized spacial score (nSPS) is 22.1. The van der Waals surface area contributed by atoms with Crippen LogP contribution in [0, 0.1) is 25.7 Å². The summed E-state index contributed by atoms with van der Waals surface area (Å²) < 4.78 is 5.75. The molecule has 1 aromatic heterocycles. The van der Waals surface area contributed by atoms with E-state index in [9.17, 15) is 9.59 Å². The van der Waals surface area contributed by atoms with E-state index in [1.807, 2.05) is 31.2 Å². The van der Waals surface area contributed by atoms with Crippen molar-refractivity contribution < 1.29 is 14.0 Å². The first kappa shape index (κ1) is 20.3. The summed E-state index contributed by atoms with van der Waals surface area (Å²) in [4.78, 5) is 29.2. The zero-order valence-electron chi connectivity index (χ0n) is 17.2. The van der Waals surface area contributed by atoms with Crippen molar-refractivity contribution in [2.75, 3.05) is 0 Å². The molecule has 1 aliphatic rings. The van der Waals surface area contributed by atoms with Crippen LogP contribution in [-0.4, -0.2) is 22.7 Å². The van der Waals surface area contributed by atoms with E-state index in [1.54, 1.807) is 6.92 Å². The third kappa shape index (κ3) is 4.89. The third-order valence-corrected chi connectivity index (χ3v) is 5.93. The third-order valence-electron chi connectivity index (χ3n) is 5.93. The van der Waals surface area contributed by atoms with Gasteiger partial charge < -0.3 is 9.73 Å². The molecule has 0 saturated heterocycles. The molecule has 5 heteroatoms. The molecule has 3 rings (SSSR count). The smallest absolute Gasteiger partial charge is 0.227 e. The number of aromatic nitrogens is 1. The highest BCUT2D eigenvalue weighted by Crippen LogP contribution is 2.29. The fourth-order valence-corrected chi connectivity index (χ4v) is 3.97. The van der Waals surface area contributed by atoms with Crippen LogP contribution in [0.25, 0.3) is 11.5 Å². The summed E-state index contributed by atoms with van der Waals surface area (Å²) in [6, 6.07) is 8.06. The molecule has 0 radical (unpaired) electrons. The minimum absolute atomic E-state index is 0.107. The molecule has 1 amide bonds. The van der Waals surface area contributed by atoms with Crippen molar-refractivity contribution in [1.82, 2.24) is 10.3 Å². The number of Topliss-reactive ketones (excluding diaryl/α,β-unsaturated/α-hetero) is 1. The van der Waals surface area contributed by atoms with Crippen LogP contribution < -0.4 is 5.32 Å². The van der Waals surface area contributed by atoms with E-state index >= 15 is 0 Å². The van der Waals surface area contributed by atoms with Gasteiger partial charge in [0, 0.05) is 11.6 Å². The van der Waals surface area contributed by atoms with Crippen LogP contribution in [-0.2, 0) is 16.0 Å². The highest BCUT2D eigenvalue weighted by molar-refractivity contribution is 5.98. The molecule has 0 spiro atoms. The Kier molecular flexibility index (Phi) is 6.32. The molecule has 150 valence electrons. The maximum Gasteiger partial charge on any atom is 0.227 e. The Labute approximate surface area is 166 Å². The van der Waals surface area contributed by atoms with Crippen LogP contribution in [0.15, 0.2) is 28.7 Å². The number of aryl methyl sites for hydroxylation is 2. The van der Waals surface area contributed by atoms with Gasteiger partial charge in [0.05, 0.1) is 18.5 Å². The van der Waals surface area contributed by atoms with Gasteiger partial charge in [-0.1, -0.05) is 44.4 Å². The standard InChI is InChI=1S/C23H30N2O3/c1-14-7-5-9-18(11-14)23-25-21(17(4)28-23)12-19(26)13-22(27)24-20-10-6-8-15(2)16(20)3/h5,7,9,11,15-16,20H,6,8,10,12-13H2,1-4H3,(H,24,27). The summed E-state index contributed by atoms with van der Waals surface area (Å²) in [7, 11) is 0. The van der Waals surface area contributed by atoms with Crippen molar-refractivity contribution in [2.45, 2.75) is 65.8 Å². The van der Waals surface area contributed by atoms with Gasteiger partial charge in [-0.05, 0) is 44.2 Å². The quantitative estimate of drug-likeness (QED) is 0.752. The maximum atomic E-state index is 12.4. The van der Waals surface area contributed by atoms with Crippen molar-refractivity contribution in [1.29, 1.82) is 0 Å². The van der Waals surface area contributed by atoms with Crippen molar-refractivity contribution in [3.05, 3.63) is 41.3 Å². The molecule has 5 nitrogen and oxygen atoms in total. The summed E-state index contributed by atoms with van der Waals surface area (Å²) in [5.41, 5.74) is 2.61. The summed E-state index contributed by atoms with van der Waals surface area (Å²) in [5.74, 6) is 1.87. The van der Waals surface area contributed by atoms with E-state index in [0.717, 1.165) is 24.0 Å². The lowest BCUT2D eigenvalue weighted by Gasteiger charge is -2.34. The largest absolute Gasteiger partial charge is 0.441 e. The molecule has 0 bridgehead atoms. The Morgan fingerprint density at radius 3 is 2.75 bits per heavy atom. The Morgan fingerprint density at radius 2 is 2.00 bits per heavy atom. The zero-order chi connectivity index (χ0) is 20.3. The van der Waals surface area contributed by atoms with Crippen molar-refractivity contribution in [3.8, 4) is 11.5 Å². The van der Waals surface area contributed by atoms with Crippen LogP contribution in [0.5, 0.6) is 0 Å². The molecule has 1 N–H and O–H groups in total. The molecule has 1 fully saturated rings. The molecular weight excluding hydrogens is 352 g/mol. The average Bonchev–Trinajstić information content (AvgIpc) is 2.99. The number of hydrogen-bond donors (Lipinski definition) is 1. The van der Waals surface area contributed by atoms with E-state index in [1.165, 1.54) is 6.42 Å². The predicted molar refractivity (Wildman–Crippen MR) is 109 cm³/mol. The number of benzene rings is 1. The van der Waals surface area contributed by atoms with Crippen molar-refractivity contribution in [2.24, 2.45) is 11.8 Å². The lowest BCUT2D eigenvalue weighted by molar-refractivity contribution is -0.128. The lowest BCUT2D eigenvalue weighted by atomic mass is 9.78. The fraction of sp³-hybridized carbons (Fsp3) is 0.522. The van der Waals surface area contributed by atoms with E-state index in [2.05, 4.69) is 24.1 Å². The number of hydrogen-bond acceptors (Lipinski definition) is 4. The number of nitrogens with one attached hydrogen (secondary N) is 1. The molecule has 2 aromatic rings. The lowest BCUT2D eigenvalue weighted by Crippen LogP contribution is -2.44. The first-order valence-corrected chi connectivity index (χ1v) is 10.2. The molecule has 3 atom stereocenters. The molecule has 0 aliphatic heterocycles. The van der Waals surface area contributed by atoms with Gasteiger partial charge in [-0.3, -0.25) is 9.59 Å². The van der Waals surface area contributed by atoms with Crippen molar-refractivity contribution >= 4 is 11.7 Å². The summed E-state index contributed by atoms with van der Waals surface area (Å²) in [5, 5.41) is 3.06. The topological polar surface area (TPSA) is 72.2 Å². The minimum atomic E-state index is -0.184. The van der Waals surface area contributed by atoms with Gasteiger partial charge in [0.1, 0.15) is 11.5 Å². The number of oxazole rings is 1. The summed E-state index contributed by atoms with van der Waals surface area (Å²) >= 11 is 0. The van der Waals surface area contributed by atoms with Gasteiger partial charge in [0.15, 0.2) is 0 Å².